The van der Waals surface area contributed by atoms with Crippen LogP contribution in [0.15, 0.2) is 48.5 Å². The highest BCUT2D eigenvalue weighted by molar-refractivity contribution is 6.01. The van der Waals surface area contributed by atoms with Gasteiger partial charge in [0.2, 0.25) is 0 Å². The molecule has 0 aliphatic heterocycles. The highest BCUT2D eigenvalue weighted by Gasteiger charge is 2.12. The van der Waals surface area contributed by atoms with E-state index in [1.165, 1.54) is 17.0 Å². The number of hydrogen-bond donors (Lipinski definition) is 2. The normalized spacial score (nSPS) is 11.8. The number of nitrogens with zero attached hydrogens (tertiary/aromatic N) is 1. The average Bonchev–Trinajstić information content (AvgIpc) is 2.46. The van der Waals surface area contributed by atoms with E-state index in [4.69, 9.17) is 5.73 Å². The lowest BCUT2D eigenvalue weighted by molar-refractivity contribution is 0.258. The second-order valence-corrected chi connectivity index (χ2v) is 4.88. The Bertz CT molecular complexity index is 643. The van der Waals surface area contributed by atoms with E-state index in [1.54, 1.807) is 25.2 Å². The molecule has 2 aromatic carbocycles. The maximum atomic E-state index is 13.2. The molecule has 2 aromatic rings. The first-order chi connectivity index (χ1) is 9.97. The van der Waals surface area contributed by atoms with Crippen molar-refractivity contribution in [1.29, 1.82) is 0 Å². The summed E-state index contributed by atoms with van der Waals surface area (Å²) >= 11 is 0. The molecule has 110 valence electrons. The minimum absolute atomic E-state index is 0.109. The van der Waals surface area contributed by atoms with Gasteiger partial charge >= 0.3 is 6.03 Å². The summed E-state index contributed by atoms with van der Waals surface area (Å²) in [5, 5.41) is 2.76. The molecule has 4 nitrogen and oxygen atoms in total. The van der Waals surface area contributed by atoms with Gasteiger partial charge in [-0.1, -0.05) is 18.2 Å². The lowest BCUT2D eigenvalue weighted by Crippen LogP contribution is -2.31. The van der Waals surface area contributed by atoms with Gasteiger partial charge in [-0.15, -0.1) is 0 Å². The van der Waals surface area contributed by atoms with Crippen LogP contribution in [0.1, 0.15) is 18.5 Å². The molecule has 0 radical (unpaired) electrons. The number of halogens is 1. The Morgan fingerprint density at radius 1 is 1.24 bits per heavy atom. The fourth-order valence-corrected chi connectivity index (χ4v) is 1.91. The van der Waals surface area contributed by atoms with E-state index in [2.05, 4.69) is 5.32 Å². The average molecular weight is 287 g/mol. The second kappa shape index (κ2) is 6.37. The molecule has 2 rings (SSSR count). The molecule has 0 bridgehead atoms. The van der Waals surface area contributed by atoms with Gasteiger partial charge < -0.3 is 11.1 Å². The molecule has 0 saturated heterocycles. The Morgan fingerprint density at radius 2 is 1.95 bits per heavy atom. The van der Waals surface area contributed by atoms with Crippen molar-refractivity contribution >= 4 is 17.4 Å². The third-order valence-electron chi connectivity index (χ3n) is 3.16. The van der Waals surface area contributed by atoms with Crippen molar-refractivity contribution in [3.63, 3.8) is 0 Å². The van der Waals surface area contributed by atoms with Crippen LogP contribution in [0, 0.1) is 5.82 Å². The summed E-state index contributed by atoms with van der Waals surface area (Å²) in [6, 6.07) is 12.7. The molecule has 1 atom stereocenters. The van der Waals surface area contributed by atoms with Gasteiger partial charge in [-0.2, -0.15) is 0 Å². The maximum absolute atomic E-state index is 13.2. The highest BCUT2D eigenvalue weighted by atomic mass is 19.1. The lowest BCUT2D eigenvalue weighted by Gasteiger charge is -2.18. The van der Waals surface area contributed by atoms with E-state index in [0.717, 1.165) is 5.56 Å². The summed E-state index contributed by atoms with van der Waals surface area (Å²) in [6.07, 6.45) is 0. The summed E-state index contributed by atoms with van der Waals surface area (Å²) in [7, 11) is 1.58. The zero-order chi connectivity index (χ0) is 15.4. The molecule has 3 N–H and O–H groups in total. The Balaban J connectivity index is 2.12. The molecule has 1 unspecified atom stereocenters. The third-order valence-corrected chi connectivity index (χ3v) is 3.16. The van der Waals surface area contributed by atoms with Crippen LogP contribution >= 0.6 is 0 Å². The molecule has 0 aromatic heterocycles. The van der Waals surface area contributed by atoms with E-state index in [9.17, 15) is 9.18 Å². The largest absolute Gasteiger partial charge is 0.326 e. The van der Waals surface area contributed by atoms with E-state index >= 15 is 0 Å². The van der Waals surface area contributed by atoms with Crippen LogP contribution in [-0.4, -0.2) is 13.1 Å². The monoisotopic (exact) mass is 287 g/mol. The smallest absolute Gasteiger partial charge is 0.324 e. The number of carbonyl (C=O) groups excluding carboxylic acids is 1. The van der Waals surface area contributed by atoms with Crippen molar-refractivity contribution < 1.29 is 9.18 Å². The van der Waals surface area contributed by atoms with Crippen molar-refractivity contribution in [2.45, 2.75) is 13.0 Å². The minimum atomic E-state index is -0.383. The number of nitrogens with two attached hydrogens (primary N) is 1. The first kappa shape index (κ1) is 15.0. The summed E-state index contributed by atoms with van der Waals surface area (Å²) < 4.78 is 13.2. The van der Waals surface area contributed by atoms with Crippen LogP contribution in [0.3, 0.4) is 0 Å². The number of benzene rings is 2. The molecule has 0 aliphatic carbocycles. The highest BCUT2D eigenvalue weighted by Crippen LogP contribution is 2.18. The zero-order valence-corrected chi connectivity index (χ0v) is 12.0. The molecular formula is C16H18FN3O. The Hall–Kier alpha value is -2.40. The van der Waals surface area contributed by atoms with Gasteiger partial charge in [0.1, 0.15) is 5.82 Å². The fourth-order valence-electron chi connectivity index (χ4n) is 1.91. The first-order valence-corrected chi connectivity index (χ1v) is 6.63. The quantitative estimate of drug-likeness (QED) is 0.907. The Labute approximate surface area is 123 Å². The summed E-state index contributed by atoms with van der Waals surface area (Å²) in [4.78, 5) is 13.5. The van der Waals surface area contributed by atoms with Crippen LogP contribution in [0.4, 0.5) is 20.6 Å². The van der Waals surface area contributed by atoms with Crippen molar-refractivity contribution in [1.82, 2.24) is 0 Å². The van der Waals surface area contributed by atoms with Crippen molar-refractivity contribution in [3.05, 3.63) is 59.9 Å². The number of amides is 2. The maximum Gasteiger partial charge on any atom is 0.326 e. The predicted molar refractivity (Wildman–Crippen MR) is 82.9 cm³/mol. The van der Waals surface area contributed by atoms with Crippen molar-refractivity contribution in [2.75, 3.05) is 17.3 Å². The van der Waals surface area contributed by atoms with Crippen molar-refractivity contribution in [2.24, 2.45) is 5.73 Å². The lowest BCUT2D eigenvalue weighted by atomic mass is 10.1. The van der Waals surface area contributed by atoms with Crippen LogP contribution in [0.25, 0.3) is 0 Å². The van der Waals surface area contributed by atoms with Gasteiger partial charge in [0.25, 0.3) is 0 Å². The second-order valence-electron chi connectivity index (χ2n) is 4.88. The van der Waals surface area contributed by atoms with Gasteiger partial charge in [-0.05, 0) is 42.8 Å². The molecule has 0 saturated carbocycles. The standard InChI is InChI=1S/C16H18FN3O/c1-11(18)12-5-3-7-14(9-12)19-16(21)20(2)15-8-4-6-13(17)10-15/h3-11H,18H2,1-2H3,(H,19,21). The topological polar surface area (TPSA) is 58.4 Å². The van der Waals surface area contributed by atoms with Gasteiger partial charge in [0.15, 0.2) is 0 Å². The molecule has 21 heavy (non-hydrogen) atoms. The number of rotatable bonds is 3. The Morgan fingerprint density at radius 3 is 2.62 bits per heavy atom. The van der Waals surface area contributed by atoms with Gasteiger partial charge in [0, 0.05) is 24.5 Å². The fraction of sp³-hybridized carbons (Fsp3) is 0.188. The van der Waals surface area contributed by atoms with E-state index in [0.29, 0.717) is 11.4 Å². The molecule has 2 amide bonds. The molecule has 0 spiro atoms. The molecule has 5 heteroatoms. The molecule has 0 heterocycles. The summed E-state index contributed by atoms with van der Waals surface area (Å²) in [5.74, 6) is -0.383. The summed E-state index contributed by atoms with van der Waals surface area (Å²) in [6.45, 7) is 1.87. The van der Waals surface area contributed by atoms with Gasteiger partial charge in [-0.3, -0.25) is 4.90 Å². The first-order valence-electron chi connectivity index (χ1n) is 6.63. The molecule has 0 fully saturated rings. The van der Waals surface area contributed by atoms with Crippen LogP contribution in [0.2, 0.25) is 0 Å². The number of nitrogens with one attached hydrogen (secondary N) is 1. The van der Waals surface area contributed by atoms with Crippen LogP contribution < -0.4 is 16.0 Å². The van der Waals surface area contributed by atoms with Crippen LogP contribution in [0.5, 0.6) is 0 Å². The number of urea groups is 1. The number of carbonyl (C=O) groups is 1. The molecule has 0 aliphatic rings. The molecular weight excluding hydrogens is 269 g/mol. The predicted octanol–water partition coefficient (Wildman–Crippen LogP) is 3.51. The van der Waals surface area contributed by atoms with Gasteiger partial charge in [-0.25, -0.2) is 9.18 Å². The summed E-state index contributed by atoms with van der Waals surface area (Å²) in [5.41, 5.74) is 7.88. The number of hydrogen-bond acceptors (Lipinski definition) is 2. The van der Waals surface area contributed by atoms with Crippen molar-refractivity contribution in [3.8, 4) is 0 Å². The minimum Gasteiger partial charge on any atom is -0.324 e. The number of anilines is 2. The third kappa shape index (κ3) is 3.79. The Kier molecular flexibility index (Phi) is 4.55. The van der Waals surface area contributed by atoms with E-state index < -0.39 is 0 Å². The van der Waals surface area contributed by atoms with Gasteiger partial charge in [0.05, 0.1) is 0 Å². The zero-order valence-electron chi connectivity index (χ0n) is 12.0. The van der Waals surface area contributed by atoms with Crippen LogP contribution in [-0.2, 0) is 0 Å². The SMILES string of the molecule is CC(N)c1cccc(NC(=O)N(C)c2cccc(F)c2)c1. The van der Waals surface area contributed by atoms with E-state index in [1.807, 2.05) is 25.1 Å². The van der Waals surface area contributed by atoms with E-state index in [-0.39, 0.29) is 17.9 Å².